The summed E-state index contributed by atoms with van der Waals surface area (Å²) in [6.45, 7) is 6.66. The van der Waals surface area contributed by atoms with Gasteiger partial charge in [-0.05, 0) is 39.0 Å². The molecular formula is C14H19F3N2OS. The molecule has 0 saturated heterocycles. The Morgan fingerprint density at radius 2 is 1.95 bits per heavy atom. The molecule has 21 heavy (non-hydrogen) atoms. The Morgan fingerprint density at radius 1 is 1.33 bits per heavy atom. The number of hydrogen-bond donors (Lipinski definition) is 2. The number of alkyl halides is 3. The van der Waals surface area contributed by atoms with Gasteiger partial charge in [0.25, 0.3) is 0 Å². The minimum Gasteiger partial charge on any atom is -0.389 e. The molecule has 0 fully saturated rings. The van der Waals surface area contributed by atoms with E-state index in [2.05, 4.69) is 5.32 Å². The van der Waals surface area contributed by atoms with Crippen molar-refractivity contribution in [3.63, 3.8) is 0 Å². The molecule has 0 aromatic heterocycles. The zero-order chi connectivity index (χ0) is 16.3. The van der Waals surface area contributed by atoms with E-state index < -0.39 is 17.3 Å². The summed E-state index contributed by atoms with van der Waals surface area (Å²) in [4.78, 5) is -0.282. The Morgan fingerprint density at radius 3 is 2.43 bits per heavy atom. The van der Waals surface area contributed by atoms with Crippen LogP contribution in [0.5, 0.6) is 0 Å². The van der Waals surface area contributed by atoms with Gasteiger partial charge in [-0.25, -0.2) is 0 Å². The molecule has 0 saturated carbocycles. The van der Waals surface area contributed by atoms with Crippen LogP contribution in [0.1, 0.15) is 31.9 Å². The molecule has 0 atom stereocenters. The number of hydrogen-bond acceptors (Lipinski definition) is 3. The normalized spacial score (nSPS) is 12.3. The molecule has 0 bridgehead atoms. The Labute approximate surface area is 127 Å². The van der Waals surface area contributed by atoms with Crippen molar-refractivity contribution in [1.82, 2.24) is 0 Å². The van der Waals surface area contributed by atoms with Crippen molar-refractivity contribution < 1.29 is 17.9 Å². The van der Waals surface area contributed by atoms with Crippen LogP contribution in [-0.2, 0) is 10.9 Å². The number of nitrogens with one attached hydrogen (secondary N) is 1. The van der Waals surface area contributed by atoms with Crippen LogP contribution in [0.15, 0.2) is 18.2 Å². The first-order chi connectivity index (χ1) is 9.57. The summed E-state index contributed by atoms with van der Waals surface area (Å²) >= 11 is 4.70. The highest BCUT2D eigenvalue weighted by molar-refractivity contribution is 7.80. The maximum atomic E-state index is 12.9. The van der Waals surface area contributed by atoms with Crippen LogP contribution in [0.25, 0.3) is 0 Å². The maximum Gasteiger partial charge on any atom is 0.417 e. The monoisotopic (exact) mass is 320 g/mol. The first kappa shape index (κ1) is 17.7. The molecule has 0 aliphatic rings. The minimum atomic E-state index is -4.48. The van der Waals surface area contributed by atoms with E-state index in [0.717, 1.165) is 6.07 Å². The van der Waals surface area contributed by atoms with Crippen molar-refractivity contribution in [2.75, 3.05) is 18.5 Å². The van der Waals surface area contributed by atoms with Gasteiger partial charge in [-0.2, -0.15) is 13.2 Å². The highest BCUT2D eigenvalue weighted by atomic mass is 32.1. The van der Waals surface area contributed by atoms with Crippen LogP contribution >= 0.6 is 12.2 Å². The zero-order valence-electron chi connectivity index (χ0n) is 12.2. The lowest BCUT2D eigenvalue weighted by molar-refractivity contribution is -0.137. The number of rotatable bonds is 6. The van der Waals surface area contributed by atoms with Crippen LogP contribution in [0.2, 0.25) is 0 Å². The number of thiocarbonyl (C=S) groups is 1. The van der Waals surface area contributed by atoms with Crippen LogP contribution < -0.4 is 11.1 Å². The summed E-state index contributed by atoms with van der Waals surface area (Å²) in [6, 6.07) is 3.64. The quantitative estimate of drug-likeness (QED) is 0.787. The van der Waals surface area contributed by atoms with Gasteiger partial charge in [0.05, 0.1) is 11.2 Å². The topological polar surface area (TPSA) is 47.3 Å². The van der Waals surface area contributed by atoms with E-state index in [1.165, 1.54) is 12.1 Å². The lowest BCUT2D eigenvalue weighted by Crippen LogP contribution is -2.33. The third-order valence-corrected chi connectivity index (χ3v) is 3.06. The zero-order valence-corrected chi connectivity index (χ0v) is 13.0. The first-order valence-corrected chi connectivity index (χ1v) is 6.86. The smallest absolute Gasteiger partial charge is 0.389 e. The molecule has 0 radical (unpaired) electrons. The predicted octanol–water partition coefficient (Wildman–Crippen LogP) is 3.57. The Bertz CT molecular complexity index is 515. The van der Waals surface area contributed by atoms with Gasteiger partial charge in [0.2, 0.25) is 0 Å². The molecule has 118 valence electrons. The molecule has 1 aromatic carbocycles. The van der Waals surface area contributed by atoms with Crippen LogP contribution in [-0.4, -0.2) is 23.7 Å². The second-order valence-electron chi connectivity index (χ2n) is 5.17. The molecule has 3 N–H and O–H groups in total. The second-order valence-corrected chi connectivity index (χ2v) is 5.61. The fraction of sp³-hybridized carbons (Fsp3) is 0.500. The second kappa shape index (κ2) is 6.62. The van der Waals surface area contributed by atoms with Gasteiger partial charge in [0.1, 0.15) is 4.99 Å². The molecule has 0 unspecified atom stereocenters. The first-order valence-electron chi connectivity index (χ1n) is 6.45. The van der Waals surface area contributed by atoms with Crippen molar-refractivity contribution >= 4 is 22.9 Å². The van der Waals surface area contributed by atoms with Crippen molar-refractivity contribution in [2.24, 2.45) is 5.73 Å². The fourth-order valence-electron chi connectivity index (χ4n) is 1.86. The summed E-state index contributed by atoms with van der Waals surface area (Å²) in [5.74, 6) is 0. The van der Waals surface area contributed by atoms with E-state index in [0.29, 0.717) is 18.8 Å². The molecule has 0 spiro atoms. The summed E-state index contributed by atoms with van der Waals surface area (Å²) in [5, 5.41) is 3.04. The molecule has 0 aliphatic heterocycles. The summed E-state index contributed by atoms with van der Waals surface area (Å²) < 4.78 is 44.1. The van der Waals surface area contributed by atoms with E-state index in [1.807, 2.05) is 20.8 Å². The fourth-order valence-corrected chi connectivity index (χ4v) is 2.03. The summed E-state index contributed by atoms with van der Waals surface area (Å²) in [7, 11) is 0. The van der Waals surface area contributed by atoms with Gasteiger partial charge >= 0.3 is 6.18 Å². The number of benzene rings is 1. The van der Waals surface area contributed by atoms with Gasteiger partial charge in [-0.3, -0.25) is 0 Å². The molecule has 3 nitrogen and oxygen atoms in total. The molecule has 0 amide bonds. The lowest BCUT2D eigenvalue weighted by atomic mass is 10.1. The van der Waals surface area contributed by atoms with Gasteiger partial charge < -0.3 is 15.8 Å². The maximum absolute atomic E-state index is 12.9. The number of ether oxygens (including phenoxy) is 1. The molecule has 1 rings (SSSR count). The van der Waals surface area contributed by atoms with Crippen molar-refractivity contribution in [1.29, 1.82) is 0 Å². The van der Waals surface area contributed by atoms with E-state index >= 15 is 0 Å². The van der Waals surface area contributed by atoms with Gasteiger partial charge in [0, 0.05) is 24.4 Å². The lowest BCUT2D eigenvalue weighted by Gasteiger charge is -2.25. The largest absolute Gasteiger partial charge is 0.417 e. The Balaban J connectivity index is 2.97. The van der Waals surface area contributed by atoms with Gasteiger partial charge in [0.15, 0.2) is 0 Å². The van der Waals surface area contributed by atoms with Crippen molar-refractivity contribution in [3.8, 4) is 0 Å². The number of anilines is 1. The van der Waals surface area contributed by atoms with Crippen molar-refractivity contribution in [2.45, 2.75) is 32.5 Å². The van der Waals surface area contributed by atoms with Crippen LogP contribution in [0.4, 0.5) is 18.9 Å². The Hall–Kier alpha value is -1.34. The number of nitrogens with two attached hydrogens (primary N) is 1. The molecule has 0 heterocycles. The van der Waals surface area contributed by atoms with E-state index in [1.54, 1.807) is 0 Å². The SMILES string of the molecule is CCOC(C)(C)CNc1ccc(C(F)(F)F)c(C(N)=S)c1. The average molecular weight is 320 g/mol. The molecule has 7 heteroatoms. The van der Waals surface area contributed by atoms with Crippen LogP contribution in [0.3, 0.4) is 0 Å². The Kier molecular flexibility index (Phi) is 5.58. The van der Waals surface area contributed by atoms with Gasteiger partial charge in [-0.1, -0.05) is 12.2 Å². The van der Waals surface area contributed by atoms with Gasteiger partial charge in [-0.15, -0.1) is 0 Å². The third-order valence-electron chi connectivity index (χ3n) is 2.84. The van der Waals surface area contributed by atoms with E-state index in [-0.39, 0.29) is 10.6 Å². The van der Waals surface area contributed by atoms with Crippen molar-refractivity contribution in [3.05, 3.63) is 29.3 Å². The molecule has 0 aliphatic carbocycles. The average Bonchev–Trinajstić information content (AvgIpc) is 2.35. The minimum absolute atomic E-state index is 0.184. The van der Waals surface area contributed by atoms with E-state index in [4.69, 9.17) is 22.7 Å². The van der Waals surface area contributed by atoms with E-state index in [9.17, 15) is 13.2 Å². The molecule has 1 aromatic rings. The highest BCUT2D eigenvalue weighted by Crippen LogP contribution is 2.33. The standard InChI is InChI=1S/C14H19F3N2OS/c1-4-20-13(2,3)8-19-9-5-6-11(14(15,16)17)10(7-9)12(18)21/h5-7,19H,4,8H2,1-3H3,(H2,18,21). The van der Waals surface area contributed by atoms with Crippen LogP contribution in [0, 0.1) is 0 Å². The summed E-state index contributed by atoms with van der Waals surface area (Å²) in [6.07, 6.45) is -4.48. The molecular weight excluding hydrogens is 301 g/mol. The number of halogens is 3. The predicted molar refractivity (Wildman–Crippen MR) is 81.5 cm³/mol. The summed E-state index contributed by atoms with van der Waals surface area (Å²) in [5.41, 5.74) is 4.46. The highest BCUT2D eigenvalue weighted by Gasteiger charge is 2.34. The third kappa shape index (κ3) is 5.17.